The molecule has 1 heterocycles. The van der Waals surface area contributed by atoms with Crippen molar-refractivity contribution in [2.45, 2.75) is 13.8 Å². The highest BCUT2D eigenvalue weighted by atomic mass is 16.5. The number of rotatable bonds is 6. The number of benzene rings is 2. The molecule has 0 saturated heterocycles. The topological polar surface area (TPSA) is 57.7 Å². The monoisotopic (exact) mass is 377 g/mol. The van der Waals surface area contributed by atoms with Crippen molar-refractivity contribution < 1.29 is 19.0 Å². The second-order valence-electron chi connectivity index (χ2n) is 6.45. The maximum absolute atomic E-state index is 13.1. The minimum atomic E-state index is -0.218. The largest absolute Gasteiger partial charge is 0.493 e. The number of hydrogen-bond acceptors (Lipinski definition) is 5. The van der Waals surface area contributed by atoms with Gasteiger partial charge in [-0.3, -0.25) is 4.79 Å². The maximum atomic E-state index is 13.1. The number of aryl methyl sites for hydroxylation is 2. The molecule has 3 rings (SSSR count). The highest BCUT2D eigenvalue weighted by Gasteiger charge is 2.19. The summed E-state index contributed by atoms with van der Waals surface area (Å²) in [5.74, 6) is 1.08. The summed E-state index contributed by atoms with van der Waals surface area (Å²) in [6.07, 6.45) is 0. The van der Waals surface area contributed by atoms with Gasteiger partial charge in [0, 0.05) is 11.1 Å². The summed E-state index contributed by atoms with van der Waals surface area (Å²) in [7, 11) is 4.56. The van der Waals surface area contributed by atoms with Gasteiger partial charge in [-0.05, 0) is 55.3 Å². The van der Waals surface area contributed by atoms with Gasteiger partial charge in [0.15, 0.2) is 11.5 Å². The van der Waals surface area contributed by atoms with Crippen LogP contribution in [0.5, 0.6) is 17.2 Å². The van der Waals surface area contributed by atoms with E-state index in [2.05, 4.69) is 31.0 Å². The lowest BCUT2D eigenvalue weighted by atomic mass is 10.0. The predicted molar refractivity (Wildman–Crippen MR) is 109 cm³/mol. The summed E-state index contributed by atoms with van der Waals surface area (Å²) in [5.41, 5.74) is 4.89. The quantitative estimate of drug-likeness (QED) is 0.587. The van der Waals surface area contributed by atoms with Crippen LogP contribution in [0, 0.1) is 13.8 Å². The Kier molecular flexibility index (Phi) is 5.64. The number of carbonyl (C=O) groups excluding carboxylic acids is 1. The van der Waals surface area contributed by atoms with Crippen molar-refractivity contribution in [1.82, 2.24) is 4.98 Å². The van der Waals surface area contributed by atoms with E-state index in [1.54, 1.807) is 18.2 Å². The van der Waals surface area contributed by atoms with Gasteiger partial charge in [0.25, 0.3) is 0 Å². The zero-order valence-electron chi connectivity index (χ0n) is 16.7. The second-order valence-corrected chi connectivity index (χ2v) is 6.45. The van der Waals surface area contributed by atoms with Gasteiger partial charge >= 0.3 is 0 Å². The van der Waals surface area contributed by atoms with Crippen molar-refractivity contribution in [3.05, 3.63) is 70.9 Å². The SMILES string of the molecule is COc1cc(C(=O)c2cccc(-c3ccc(C)c(C)c3)n2)cc(OC)c1OC. The summed E-state index contributed by atoms with van der Waals surface area (Å²) in [5, 5.41) is 0. The van der Waals surface area contributed by atoms with Crippen molar-refractivity contribution in [1.29, 1.82) is 0 Å². The van der Waals surface area contributed by atoms with E-state index >= 15 is 0 Å². The normalized spacial score (nSPS) is 10.5. The summed E-state index contributed by atoms with van der Waals surface area (Å²) in [4.78, 5) is 17.7. The number of pyridine rings is 1. The minimum absolute atomic E-state index is 0.218. The van der Waals surface area contributed by atoms with E-state index in [4.69, 9.17) is 14.2 Å². The van der Waals surface area contributed by atoms with Gasteiger partial charge in [-0.25, -0.2) is 4.98 Å². The molecule has 28 heavy (non-hydrogen) atoms. The first-order chi connectivity index (χ1) is 13.5. The van der Waals surface area contributed by atoms with Crippen LogP contribution in [0.25, 0.3) is 11.3 Å². The first-order valence-corrected chi connectivity index (χ1v) is 8.88. The Morgan fingerprint density at radius 1 is 0.821 bits per heavy atom. The van der Waals surface area contributed by atoms with Gasteiger partial charge in [0.1, 0.15) is 5.69 Å². The summed E-state index contributed by atoms with van der Waals surface area (Å²) >= 11 is 0. The maximum Gasteiger partial charge on any atom is 0.211 e. The molecule has 1 aromatic heterocycles. The Morgan fingerprint density at radius 3 is 2.07 bits per heavy atom. The van der Waals surface area contributed by atoms with Crippen molar-refractivity contribution in [3.8, 4) is 28.5 Å². The first-order valence-electron chi connectivity index (χ1n) is 8.88. The van der Waals surface area contributed by atoms with Gasteiger partial charge in [-0.2, -0.15) is 0 Å². The van der Waals surface area contributed by atoms with E-state index in [0.717, 1.165) is 11.3 Å². The summed E-state index contributed by atoms with van der Waals surface area (Å²) in [6.45, 7) is 4.13. The molecule has 0 saturated carbocycles. The van der Waals surface area contributed by atoms with E-state index in [-0.39, 0.29) is 5.78 Å². The van der Waals surface area contributed by atoms with Crippen LogP contribution in [0.4, 0.5) is 0 Å². The predicted octanol–water partition coefficient (Wildman–Crippen LogP) is 4.62. The number of nitrogens with zero attached hydrogens (tertiary/aromatic N) is 1. The Labute approximate surface area is 164 Å². The average molecular weight is 377 g/mol. The van der Waals surface area contributed by atoms with E-state index in [0.29, 0.717) is 28.5 Å². The molecule has 0 atom stereocenters. The number of methoxy groups -OCH3 is 3. The number of ether oxygens (including phenoxy) is 3. The van der Waals surface area contributed by atoms with Gasteiger partial charge in [0.05, 0.1) is 27.0 Å². The molecule has 5 heteroatoms. The number of ketones is 1. The van der Waals surface area contributed by atoms with Crippen LogP contribution in [0.3, 0.4) is 0 Å². The average Bonchev–Trinajstić information content (AvgIpc) is 2.74. The molecule has 144 valence electrons. The molecule has 0 N–H and O–H groups in total. The highest BCUT2D eigenvalue weighted by Crippen LogP contribution is 2.38. The van der Waals surface area contributed by atoms with Gasteiger partial charge in [-0.15, -0.1) is 0 Å². The van der Waals surface area contributed by atoms with Crippen molar-refractivity contribution in [3.63, 3.8) is 0 Å². The number of hydrogen-bond donors (Lipinski definition) is 0. The Bertz CT molecular complexity index is 1000. The van der Waals surface area contributed by atoms with Crippen LogP contribution in [0.2, 0.25) is 0 Å². The van der Waals surface area contributed by atoms with Crippen LogP contribution in [0.15, 0.2) is 48.5 Å². The third-order valence-corrected chi connectivity index (χ3v) is 4.71. The summed E-state index contributed by atoms with van der Waals surface area (Å²) < 4.78 is 16.0. The van der Waals surface area contributed by atoms with Crippen molar-refractivity contribution in [2.24, 2.45) is 0 Å². The van der Waals surface area contributed by atoms with E-state index < -0.39 is 0 Å². The van der Waals surface area contributed by atoms with E-state index in [9.17, 15) is 4.79 Å². The molecule has 0 aliphatic carbocycles. The molecule has 0 fully saturated rings. The van der Waals surface area contributed by atoms with Gasteiger partial charge < -0.3 is 14.2 Å². The van der Waals surface area contributed by atoms with Crippen molar-refractivity contribution in [2.75, 3.05) is 21.3 Å². The molecule has 0 unspecified atom stereocenters. The lowest BCUT2D eigenvalue weighted by Crippen LogP contribution is -2.06. The molecular formula is C23H23NO4. The number of aromatic nitrogens is 1. The van der Waals surface area contributed by atoms with Crippen LogP contribution in [0.1, 0.15) is 27.2 Å². The van der Waals surface area contributed by atoms with Crippen molar-refractivity contribution >= 4 is 5.78 Å². The standard InChI is InChI=1S/C23H23NO4/c1-14-9-10-16(11-15(14)2)18-7-6-8-19(24-18)22(25)17-12-20(26-3)23(28-5)21(13-17)27-4/h6-13H,1-5H3. The zero-order valence-corrected chi connectivity index (χ0v) is 16.7. The lowest BCUT2D eigenvalue weighted by Gasteiger charge is -2.13. The van der Waals surface area contributed by atoms with Crippen LogP contribution >= 0.6 is 0 Å². The fourth-order valence-electron chi connectivity index (χ4n) is 2.98. The molecule has 0 bridgehead atoms. The molecule has 0 aliphatic heterocycles. The third-order valence-electron chi connectivity index (χ3n) is 4.71. The van der Waals surface area contributed by atoms with E-state index in [1.807, 2.05) is 18.2 Å². The second kappa shape index (κ2) is 8.13. The van der Waals surface area contributed by atoms with Gasteiger partial charge in [0.2, 0.25) is 11.5 Å². The van der Waals surface area contributed by atoms with Crippen LogP contribution < -0.4 is 14.2 Å². The van der Waals surface area contributed by atoms with Crippen LogP contribution in [-0.4, -0.2) is 32.1 Å². The number of carbonyl (C=O) groups is 1. The molecule has 0 spiro atoms. The fourth-order valence-corrected chi connectivity index (χ4v) is 2.98. The Morgan fingerprint density at radius 2 is 1.50 bits per heavy atom. The molecule has 5 nitrogen and oxygen atoms in total. The molecule has 0 radical (unpaired) electrons. The molecule has 0 aliphatic rings. The molecule has 2 aromatic carbocycles. The van der Waals surface area contributed by atoms with Gasteiger partial charge in [-0.1, -0.05) is 18.2 Å². The molecular weight excluding hydrogens is 354 g/mol. The lowest BCUT2D eigenvalue weighted by molar-refractivity contribution is 0.103. The first kappa shape index (κ1) is 19.4. The highest BCUT2D eigenvalue weighted by molar-refractivity contribution is 6.08. The zero-order chi connectivity index (χ0) is 20.3. The molecule has 0 amide bonds. The Hall–Kier alpha value is -3.34. The Balaban J connectivity index is 2.02. The third kappa shape index (κ3) is 3.69. The smallest absolute Gasteiger partial charge is 0.211 e. The van der Waals surface area contributed by atoms with E-state index in [1.165, 1.54) is 32.5 Å². The summed E-state index contributed by atoms with van der Waals surface area (Å²) in [6, 6.07) is 14.8. The molecule has 3 aromatic rings. The fraction of sp³-hybridized carbons (Fsp3) is 0.217. The minimum Gasteiger partial charge on any atom is -0.493 e. The van der Waals surface area contributed by atoms with Crippen LogP contribution in [-0.2, 0) is 0 Å².